The molecule has 4 rings (SSSR count). The van der Waals surface area contributed by atoms with Gasteiger partial charge in [-0.3, -0.25) is 9.78 Å². The van der Waals surface area contributed by atoms with Crippen LogP contribution in [-0.4, -0.2) is 59.8 Å². The lowest BCUT2D eigenvalue weighted by Crippen LogP contribution is -2.50. The summed E-state index contributed by atoms with van der Waals surface area (Å²) in [7, 11) is -3.72. The zero-order valence-electron chi connectivity index (χ0n) is 15.8. The number of fused-ring (bicyclic) bond motifs is 1. The molecule has 28 heavy (non-hydrogen) atoms. The zero-order chi connectivity index (χ0) is 19.7. The second-order valence-corrected chi connectivity index (χ2v) is 9.63. The van der Waals surface area contributed by atoms with E-state index in [4.69, 9.17) is 0 Å². The van der Waals surface area contributed by atoms with Crippen molar-refractivity contribution in [1.29, 1.82) is 0 Å². The Balaban J connectivity index is 1.66. The Morgan fingerprint density at radius 2 is 1.71 bits per heavy atom. The second kappa shape index (κ2) is 7.81. The summed E-state index contributed by atoms with van der Waals surface area (Å²) in [5, 5.41) is 0.172. The van der Waals surface area contributed by atoms with Gasteiger partial charge >= 0.3 is 5.69 Å². The third kappa shape index (κ3) is 3.78. The molecule has 0 spiro atoms. The Bertz CT molecular complexity index is 1070. The van der Waals surface area contributed by atoms with Gasteiger partial charge in [0.1, 0.15) is 0 Å². The van der Waals surface area contributed by atoms with Crippen LogP contribution in [-0.2, 0) is 10.0 Å². The topological polar surface area (TPSA) is 106 Å². The predicted octanol–water partition coefficient (Wildman–Crippen LogP) is 1.25. The van der Waals surface area contributed by atoms with Crippen LogP contribution in [0.2, 0.25) is 0 Å². The molecule has 2 aliphatic heterocycles. The van der Waals surface area contributed by atoms with Gasteiger partial charge in [-0.2, -0.15) is 4.31 Å². The first-order valence-electron chi connectivity index (χ1n) is 9.96. The number of nitrogens with one attached hydrogen (secondary N) is 2. The maximum Gasteiger partial charge on any atom is 0.326 e. The minimum absolute atomic E-state index is 0.0404. The molecule has 9 heteroatoms. The van der Waals surface area contributed by atoms with Gasteiger partial charge in [-0.05, 0) is 57.0 Å². The monoisotopic (exact) mass is 406 g/mol. The number of aromatic nitrogens is 2. The molecule has 8 nitrogen and oxygen atoms in total. The Morgan fingerprint density at radius 1 is 0.964 bits per heavy atom. The number of piperidine rings is 2. The number of aromatic amines is 2. The van der Waals surface area contributed by atoms with Gasteiger partial charge in [0.05, 0.1) is 15.8 Å². The van der Waals surface area contributed by atoms with E-state index >= 15 is 0 Å². The van der Waals surface area contributed by atoms with Gasteiger partial charge in [-0.1, -0.05) is 12.8 Å². The maximum atomic E-state index is 13.4. The molecule has 0 unspecified atom stereocenters. The number of likely N-dealkylation sites (tertiary alicyclic amines) is 1. The quantitative estimate of drug-likeness (QED) is 0.795. The number of hydrogen-bond donors (Lipinski definition) is 2. The van der Waals surface area contributed by atoms with Crippen LogP contribution in [0.3, 0.4) is 0 Å². The number of hydrogen-bond acceptors (Lipinski definition) is 5. The Hall–Kier alpha value is -1.97. The van der Waals surface area contributed by atoms with Crippen molar-refractivity contribution in [3.63, 3.8) is 0 Å². The first kappa shape index (κ1) is 19.4. The Kier molecular flexibility index (Phi) is 5.39. The van der Waals surface area contributed by atoms with Crippen LogP contribution >= 0.6 is 0 Å². The van der Waals surface area contributed by atoms with Crippen LogP contribution in [0, 0.1) is 0 Å². The fraction of sp³-hybridized carbons (Fsp3) is 0.579. The third-order valence-corrected chi connectivity index (χ3v) is 7.76. The lowest BCUT2D eigenvalue weighted by atomic mass is 10.0. The van der Waals surface area contributed by atoms with Crippen molar-refractivity contribution < 1.29 is 8.42 Å². The zero-order valence-corrected chi connectivity index (χ0v) is 16.6. The van der Waals surface area contributed by atoms with Gasteiger partial charge in [0.25, 0.3) is 5.56 Å². The van der Waals surface area contributed by atoms with E-state index in [9.17, 15) is 18.0 Å². The minimum atomic E-state index is -3.72. The summed E-state index contributed by atoms with van der Waals surface area (Å²) in [5.74, 6) is 0. The smallest absolute Gasteiger partial charge is 0.307 e. The molecule has 2 aliphatic rings. The normalized spacial score (nSPS) is 22.5. The summed E-state index contributed by atoms with van der Waals surface area (Å²) in [5.41, 5.74) is -0.860. The number of H-pyrrole nitrogens is 2. The Morgan fingerprint density at radius 3 is 2.50 bits per heavy atom. The maximum absolute atomic E-state index is 13.4. The molecule has 152 valence electrons. The lowest BCUT2D eigenvalue weighted by Gasteiger charge is -2.38. The van der Waals surface area contributed by atoms with Gasteiger partial charge in [0.2, 0.25) is 10.0 Å². The van der Waals surface area contributed by atoms with Gasteiger partial charge in [0, 0.05) is 19.1 Å². The molecular formula is C19H26N4O4S. The van der Waals surface area contributed by atoms with E-state index in [0.29, 0.717) is 12.1 Å². The summed E-state index contributed by atoms with van der Waals surface area (Å²) in [6, 6.07) is 4.29. The molecule has 3 heterocycles. The molecule has 2 fully saturated rings. The second-order valence-electron chi connectivity index (χ2n) is 7.74. The number of nitrogens with zero attached hydrogens (tertiary/aromatic N) is 2. The van der Waals surface area contributed by atoms with E-state index in [2.05, 4.69) is 14.9 Å². The third-order valence-electron chi connectivity index (χ3n) is 5.81. The molecule has 0 aliphatic carbocycles. The van der Waals surface area contributed by atoms with Gasteiger partial charge < -0.3 is 9.88 Å². The van der Waals surface area contributed by atoms with Crippen LogP contribution < -0.4 is 11.2 Å². The largest absolute Gasteiger partial charge is 0.326 e. The van der Waals surface area contributed by atoms with Crippen molar-refractivity contribution in [2.24, 2.45) is 0 Å². The molecule has 0 radical (unpaired) electrons. The average Bonchev–Trinajstić information content (AvgIpc) is 2.68. The molecule has 0 bridgehead atoms. The molecule has 1 atom stereocenters. The summed E-state index contributed by atoms with van der Waals surface area (Å²) >= 11 is 0. The van der Waals surface area contributed by atoms with Crippen molar-refractivity contribution in [2.45, 2.75) is 49.5 Å². The van der Waals surface area contributed by atoms with Crippen molar-refractivity contribution >= 4 is 20.9 Å². The van der Waals surface area contributed by atoms with Crippen LogP contribution in [0.5, 0.6) is 0 Å². The number of benzene rings is 1. The standard InChI is InChI=1S/C19H26N4O4S/c24-18-16-12-15(7-8-17(16)20-19(25)21-18)28(26,27)23-11-5-2-6-14(23)13-22-9-3-1-4-10-22/h7-8,12,14H,1-6,9-11,13H2,(H2,20,21,24,25)/t14-/m0/s1. The van der Waals surface area contributed by atoms with E-state index in [0.717, 1.165) is 38.9 Å². The SMILES string of the molecule is O=c1[nH]c(=O)c2cc(S(=O)(=O)N3CCCC[C@H]3CN3CCCCC3)ccc2[nH]1. The molecule has 2 aromatic rings. The van der Waals surface area contributed by atoms with Crippen LogP contribution in [0.1, 0.15) is 38.5 Å². The molecular weight excluding hydrogens is 380 g/mol. The highest BCUT2D eigenvalue weighted by molar-refractivity contribution is 7.89. The molecule has 1 aromatic heterocycles. The number of rotatable bonds is 4. The highest BCUT2D eigenvalue weighted by atomic mass is 32.2. The van der Waals surface area contributed by atoms with Gasteiger partial charge in [-0.15, -0.1) is 0 Å². The fourth-order valence-corrected chi connectivity index (χ4v) is 6.06. The van der Waals surface area contributed by atoms with Crippen LogP contribution in [0.25, 0.3) is 10.9 Å². The summed E-state index contributed by atoms with van der Waals surface area (Å²) in [6.45, 7) is 3.33. The lowest BCUT2D eigenvalue weighted by molar-refractivity contribution is 0.150. The average molecular weight is 407 g/mol. The van der Waals surface area contributed by atoms with E-state index in [-0.39, 0.29) is 16.3 Å². The first-order valence-corrected chi connectivity index (χ1v) is 11.4. The highest BCUT2D eigenvalue weighted by Gasteiger charge is 2.34. The molecule has 1 aromatic carbocycles. The van der Waals surface area contributed by atoms with E-state index in [1.54, 1.807) is 4.31 Å². The minimum Gasteiger partial charge on any atom is -0.307 e. The molecule has 0 saturated carbocycles. The fourth-order valence-electron chi connectivity index (χ4n) is 4.35. The first-order chi connectivity index (χ1) is 13.4. The highest BCUT2D eigenvalue weighted by Crippen LogP contribution is 2.27. The molecule has 2 N–H and O–H groups in total. The van der Waals surface area contributed by atoms with Crippen molar-refractivity contribution in [1.82, 2.24) is 19.2 Å². The summed E-state index contributed by atoms with van der Waals surface area (Å²) in [4.78, 5) is 30.7. The summed E-state index contributed by atoms with van der Waals surface area (Å²) in [6.07, 6.45) is 6.32. The van der Waals surface area contributed by atoms with Gasteiger partial charge in [-0.25, -0.2) is 13.2 Å². The molecule has 2 saturated heterocycles. The summed E-state index contributed by atoms with van der Waals surface area (Å²) < 4.78 is 28.4. The van der Waals surface area contributed by atoms with Crippen LogP contribution in [0.15, 0.2) is 32.7 Å². The van der Waals surface area contributed by atoms with Crippen LogP contribution in [0.4, 0.5) is 0 Å². The van der Waals surface area contributed by atoms with Crippen molar-refractivity contribution in [3.05, 3.63) is 39.0 Å². The predicted molar refractivity (Wildman–Crippen MR) is 107 cm³/mol. The van der Waals surface area contributed by atoms with E-state index < -0.39 is 21.3 Å². The van der Waals surface area contributed by atoms with Crippen molar-refractivity contribution in [3.8, 4) is 0 Å². The molecule has 0 amide bonds. The number of sulfonamides is 1. The van der Waals surface area contributed by atoms with Gasteiger partial charge in [0.15, 0.2) is 0 Å². The van der Waals surface area contributed by atoms with Crippen molar-refractivity contribution in [2.75, 3.05) is 26.2 Å². The van der Waals surface area contributed by atoms with E-state index in [1.807, 2.05) is 0 Å². The Labute approximate surface area is 163 Å². The van der Waals surface area contributed by atoms with E-state index in [1.165, 1.54) is 37.5 Å².